The molecule has 0 radical (unpaired) electrons. The number of hydrogen-bond acceptors (Lipinski definition) is 7. The number of methoxy groups -OCH3 is 1. The first kappa shape index (κ1) is 21.7. The van der Waals surface area contributed by atoms with Crippen LogP contribution < -0.4 is 0 Å². The third kappa shape index (κ3) is 4.29. The molecule has 0 unspecified atom stereocenters. The zero-order valence-electron chi connectivity index (χ0n) is 17.0. The number of carbonyl (C=O) groups is 2. The van der Waals surface area contributed by atoms with Crippen molar-refractivity contribution in [3.8, 4) is 17.4 Å². The van der Waals surface area contributed by atoms with Gasteiger partial charge in [-0.1, -0.05) is 12.1 Å². The van der Waals surface area contributed by atoms with Gasteiger partial charge < -0.3 is 9.15 Å². The third-order valence-electron chi connectivity index (χ3n) is 4.84. The Kier molecular flexibility index (Phi) is 6.43. The summed E-state index contributed by atoms with van der Waals surface area (Å²) >= 11 is 0. The van der Waals surface area contributed by atoms with E-state index in [1.165, 1.54) is 26.2 Å². The van der Waals surface area contributed by atoms with E-state index >= 15 is 0 Å². The maximum atomic E-state index is 12.9. The summed E-state index contributed by atoms with van der Waals surface area (Å²) in [7, 11) is 1.52. The number of nitrogens with zero attached hydrogens (tertiary/aromatic N) is 3. The van der Waals surface area contributed by atoms with E-state index in [-0.39, 0.29) is 40.5 Å². The van der Waals surface area contributed by atoms with Gasteiger partial charge in [-0.2, -0.15) is 5.26 Å². The smallest absolute Gasteiger partial charge is 0.280 e. The summed E-state index contributed by atoms with van der Waals surface area (Å²) in [5.74, 6) is -0.656. The highest BCUT2D eigenvalue weighted by molar-refractivity contribution is 6.19. The van der Waals surface area contributed by atoms with Crippen LogP contribution >= 0.6 is 0 Å². The molecule has 0 atom stereocenters. The van der Waals surface area contributed by atoms with Crippen molar-refractivity contribution in [3.05, 3.63) is 69.0 Å². The van der Waals surface area contributed by atoms with Crippen LogP contribution in [0.3, 0.4) is 0 Å². The van der Waals surface area contributed by atoms with Crippen LogP contribution in [-0.2, 0) is 14.3 Å². The number of carbonyl (C=O) groups excluding carboxylic acids is 2. The maximum absolute atomic E-state index is 12.9. The zero-order valence-corrected chi connectivity index (χ0v) is 17.0. The molecule has 9 nitrogen and oxygen atoms in total. The molecule has 0 saturated carbocycles. The average molecular weight is 421 g/mol. The number of rotatable bonds is 7. The molecule has 0 N–H and O–H groups in total. The molecule has 2 amide bonds. The number of benzene rings is 1. The average Bonchev–Trinajstić information content (AvgIpc) is 3.22. The van der Waals surface area contributed by atoms with E-state index in [9.17, 15) is 25.0 Å². The number of imide groups is 1. The van der Waals surface area contributed by atoms with Crippen LogP contribution in [0, 0.1) is 21.4 Å². The topological polar surface area (TPSA) is 127 Å². The molecule has 0 spiro atoms. The van der Waals surface area contributed by atoms with Gasteiger partial charge in [0.2, 0.25) is 0 Å². The quantitative estimate of drug-likeness (QED) is 0.220. The van der Waals surface area contributed by atoms with Crippen molar-refractivity contribution < 1.29 is 23.7 Å². The van der Waals surface area contributed by atoms with Gasteiger partial charge in [-0.05, 0) is 43.2 Å². The summed E-state index contributed by atoms with van der Waals surface area (Å²) in [6, 6.07) is 11.1. The van der Waals surface area contributed by atoms with Crippen LogP contribution in [-0.4, -0.2) is 41.9 Å². The van der Waals surface area contributed by atoms with Crippen molar-refractivity contribution in [3.63, 3.8) is 0 Å². The molecule has 31 heavy (non-hydrogen) atoms. The second-order valence-electron chi connectivity index (χ2n) is 6.75. The molecule has 1 aliphatic heterocycles. The van der Waals surface area contributed by atoms with Gasteiger partial charge in [-0.15, -0.1) is 0 Å². The van der Waals surface area contributed by atoms with Gasteiger partial charge >= 0.3 is 0 Å². The highest BCUT2D eigenvalue weighted by Crippen LogP contribution is 2.33. The molecular formula is C22H19N3O6. The Labute approximate surface area is 178 Å². The number of amides is 2. The lowest BCUT2D eigenvalue weighted by Gasteiger charge is -2.27. The minimum Gasteiger partial charge on any atom is -0.456 e. The number of ether oxygens (including phenoxy) is 1. The van der Waals surface area contributed by atoms with Crippen LogP contribution in [0.2, 0.25) is 0 Å². The van der Waals surface area contributed by atoms with Crippen molar-refractivity contribution in [2.45, 2.75) is 13.3 Å². The van der Waals surface area contributed by atoms with E-state index in [4.69, 9.17) is 9.15 Å². The Balaban J connectivity index is 2.00. The first-order valence-electron chi connectivity index (χ1n) is 9.40. The Bertz CT molecular complexity index is 1150. The highest BCUT2D eigenvalue weighted by Gasteiger charge is 2.35. The van der Waals surface area contributed by atoms with Crippen molar-refractivity contribution >= 4 is 23.6 Å². The largest absolute Gasteiger partial charge is 0.456 e. The van der Waals surface area contributed by atoms with Crippen molar-refractivity contribution in [2.75, 3.05) is 20.3 Å². The Hall–Kier alpha value is -4.03. The minimum absolute atomic E-state index is 0.109. The maximum Gasteiger partial charge on any atom is 0.280 e. The summed E-state index contributed by atoms with van der Waals surface area (Å²) < 4.78 is 10.7. The van der Waals surface area contributed by atoms with Gasteiger partial charge in [-0.25, -0.2) is 0 Å². The molecule has 0 fully saturated rings. The van der Waals surface area contributed by atoms with Gasteiger partial charge in [-0.3, -0.25) is 24.6 Å². The van der Waals surface area contributed by atoms with Gasteiger partial charge in [0.15, 0.2) is 0 Å². The van der Waals surface area contributed by atoms with E-state index in [0.29, 0.717) is 18.6 Å². The van der Waals surface area contributed by atoms with E-state index in [1.54, 1.807) is 30.3 Å². The predicted molar refractivity (Wildman–Crippen MR) is 110 cm³/mol. The molecule has 1 aliphatic rings. The van der Waals surface area contributed by atoms with Crippen molar-refractivity contribution in [1.82, 2.24) is 4.90 Å². The summed E-state index contributed by atoms with van der Waals surface area (Å²) in [4.78, 5) is 37.3. The van der Waals surface area contributed by atoms with Gasteiger partial charge in [0.25, 0.3) is 17.5 Å². The van der Waals surface area contributed by atoms with Crippen LogP contribution in [0.1, 0.15) is 19.1 Å². The second kappa shape index (κ2) is 9.19. The molecule has 1 aromatic carbocycles. The summed E-state index contributed by atoms with van der Waals surface area (Å²) in [5, 5.41) is 20.7. The Morgan fingerprint density at radius 2 is 1.97 bits per heavy atom. The molecule has 0 aliphatic carbocycles. The highest BCUT2D eigenvalue weighted by atomic mass is 16.6. The van der Waals surface area contributed by atoms with Gasteiger partial charge in [0.05, 0.1) is 10.5 Å². The molecular weight excluding hydrogens is 402 g/mol. The third-order valence-corrected chi connectivity index (χ3v) is 4.84. The minimum atomic E-state index is -0.640. The lowest BCUT2D eigenvalue weighted by Crippen LogP contribution is -2.43. The molecule has 0 bridgehead atoms. The number of nitro groups is 1. The van der Waals surface area contributed by atoms with E-state index in [0.717, 1.165) is 4.90 Å². The fraction of sp³-hybridized carbons (Fsp3) is 0.227. The zero-order chi connectivity index (χ0) is 22.5. The Morgan fingerprint density at radius 3 is 2.65 bits per heavy atom. The fourth-order valence-electron chi connectivity index (χ4n) is 3.26. The number of nitro benzene ring substituents is 1. The van der Waals surface area contributed by atoms with Gasteiger partial charge in [0.1, 0.15) is 23.2 Å². The first-order chi connectivity index (χ1) is 14.9. The lowest BCUT2D eigenvalue weighted by atomic mass is 9.94. The summed E-state index contributed by atoms with van der Waals surface area (Å²) in [5.41, 5.74) is 0.478. The SMILES string of the molecule is COCCCN1C(=O)C(C#N)=C(C)/C(=C\c2ccc(-c3ccccc3[N+](=O)[O-])o2)C1=O. The van der Waals surface area contributed by atoms with Crippen molar-refractivity contribution in [1.29, 1.82) is 5.26 Å². The number of hydrogen-bond donors (Lipinski definition) is 0. The standard InChI is InChI=1S/C22H19N3O6/c1-14-17(21(26)24(10-5-11-30-2)22(27)18(14)13-23)12-15-8-9-20(31-15)16-6-3-4-7-19(16)25(28)29/h3-4,6-9,12H,5,10-11H2,1-2H3/b17-12+. The second-order valence-corrected chi connectivity index (χ2v) is 6.75. The van der Waals surface area contributed by atoms with E-state index < -0.39 is 16.7 Å². The normalized spacial score (nSPS) is 15.5. The molecule has 158 valence electrons. The summed E-state index contributed by atoms with van der Waals surface area (Å²) in [6.45, 7) is 2.00. The monoisotopic (exact) mass is 421 g/mol. The number of furan rings is 1. The molecule has 2 aromatic rings. The lowest BCUT2D eigenvalue weighted by molar-refractivity contribution is -0.384. The number of para-hydroxylation sites is 1. The molecule has 1 aromatic heterocycles. The van der Waals surface area contributed by atoms with Crippen LogP contribution in [0.25, 0.3) is 17.4 Å². The van der Waals surface area contributed by atoms with Crippen molar-refractivity contribution in [2.24, 2.45) is 0 Å². The van der Waals surface area contributed by atoms with Crippen LogP contribution in [0.15, 0.2) is 57.5 Å². The molecule has 3 rings (SSSR count). The molecule has 9 heteroatoms. The van der Waals surface area contributed by atoms with E-state index in [1.807, 2.05) is 6.07 Å². The summed E-state index contributed by atoms with van der Waals surface area (Å²) in [6.07, 6.45) is 1.87. The predicted octanol–water partition coefficient (Wildman–Crippen LogP) is 3.48. The fourth-order valence-corrected chi connectivity index (χ4v) is 3.26. The first-order valence-corrected chi connectivity index (χ1v) is 9.40. The molecule has 2 heterocycles. The number of nitriles is 1. The molecule has 0 saturated heterocycles. The van der Waals surface area contributed by atoms with Crippen LogP contribution in [0.5, 0.6) is 0 Å². The Morgan fingerprint density at radius 1 is 1.23 bits per heavy atom. The van der Waals surface area contributed by atoms with E-state index in [2.05, 4.69) is 0 Å². The van der Waals surface area contributed by atoms with Gasteiger partial charge in [0, 0.05) is 31.9 Å². The van der Waals surface area contributed by atoms with Crippen LogP contribution in [0.4, 0.5) is 5.69 Å².